The van der Waals surface area contributed by atoms with Gasteiger partial charge in [0.05, 0.1) is 13.7 Å². The third kappa shape index (κ3) is 8.56. The third-order valence-electron chi connectivity index (χ3n) is 2.86. The normalized spacial score (nSPS) is 20.2. The van der Waals surface area contributed by atoms with Gasteiger partial charge in [0.2, 0.25) is 0 Å². The number of allylic oxidation sites excluding steroid dienone is 3. The Balaban J connectivity index is 1.94. The van der Waals surface area contributed by atoms with Gasteiger partial charge in [-0.3, -0.25) is 4.79 Å². The van der Waals surface area contributed by atoms with E-state index in [9.17, 15) is 4.79 Å². The summed E-state index contributed by atoms with van der Waals surface area (Å²) in [4.78, 5) is 10.8. The molecular formula is C15H24O4. The molecule has 108 valence electrons. The molecule has 0 bridgehead atoms. The summed E-state index contributed by atoms with van der Waals surface area (Å²) in [5, 5.41) is 0. The Labute approximate surface area is 115 Å². The number of ether oxygens (including phenoxy) is 3. The van der Waals surface area contributed by atoms with Crippen LogP contribution < -0.4 is 0 Å². The minimum absolute atomic E-state index is 0.0194. The lowest BCUT2D eigenvalue weighted by atomic mass is 10.2. The second-order valence-electron chi connectivity index (χ2n) is 4.42. The van der Waals surface area contributed by atoms with E-state index in [1.807, 2.05) is 18.2 Å². The average molecular weight is 268 g/mol. The van der Waals surface area contributed by atoms with Gasteiger partial charge in [-0.05, 0) is 32.1 Å². The van der Waals surface area contributed by atoms with E-state index in [1.54, 1.807) is 0 Å². The molecule has 0 N–H and O–H groups in total. The third-order valence-corrected chi connectivity index (χ3v) is 2.86. The molecule has 0 saturated carbocycles. The fourth-order valence-corrected chi connectivity index (χ4v) is 1.77. The summed E-state index contributed by atoms with van der Waals surface area (Å²) < 4.78 is 15.6. The maximum atomic E-state index is 10.8. The molecule has 4 heteroatoms. The van der Waals surface area contributed by atoms with Crippen molar-refractivity contribution in [2.45, 2.75) is 44.8 Å². The van der Waals surface area contributed by atoms with Gasteiger partial charge in [-0.15, -0.1) is 0 Å². The zero-order valence-electron chi connectivity index (χ0n) is 11.7. The quantitative estimate of drug-likeness (QED) is 0.501. The average Bonchev–Trinajstić information content (AvgIpc) is 2.46. The highest BCUT2D eigenvalue weighted by atomic mass is 16.7. The topological polar surface area (TPSA) is 44.8 Å². The molecular weight excluding hydrogens is 244 g/mol. The molecule has 0 aliphatic carbocycles. The Kier molecular flexibility index (Phi) is 9.02. The molecule has 0 aromatic carbocycles. The van der Waals surface area contributed by atoms with Gasteiger partial charge in [0.15, 0.2) is 6.29 Å². The van der Waals surface area contributed by atoms with E-state index in [1.165, 1.54) is 13.5 Å². The molecule has 1 atom stereocenters. The van der Waals surface area contributed by atoms with E-state index in [4.69, 9.17) is 9.47 Å². The van der Waals surface area contributed by atoms with Crippen LogP contribution in [0.15, 0.2) is 24.3 Å². The highest BCUT2D eigenvalue weighted by Crippen LogP contribution is 2.13. The Morgan fingerprint density at radius 1 is 1.26 bits per heavy atom. The Morgan fingerprint density at radius 2 is 2.11 bits per heavy atom. The van der Waals surface area contributed by atoms with E-state index in [0.29, 0.717) is 13.0 Å². The van der Waals surface area contributed by atoms with Crippen molar-refractivity contribution < 1.29 is 19.0 Å². The van der Waals surface area contributed by atoms with Gasteiger partial charge in [0, 0.05) is 13.0 Å². The van der Waals surface area contributed by atoms with E-state index in [2.05, 4.69) is 10.8 Å². The molecule has 1 fully saturated rings. The summed E-state index contributed by atoms with van der Waals surface area (Å²) in [6.07, 6.45) is 13.4. The molecule has 1 aliphatic rings. The maximum absolute atomic E-state index is 10.8. The van der Waals surface area contributed by atoms with Crippen LogP contribution in [-0.2, 0) is 19.0 Å². The summed E-state index contributed by atoms with van der Waals surface area (Å²) in [5.41, 5.74) is 0. The molecule has 1 unspecified atom stereocenters. The molecule has 19 heavy (non-hydrogen) atoms. The smallest absolute Gasteiger partial charge is 0.305 e. The van der Waals surface area contributed by atoms with Crippen molar-refractivity contribution >= 4 is 5.97 Å². The molecule has 4 nitrogen and oxygen atoms in total. The standard InChI is InChI=1S/C15H24O4/c1-17-14(16)10-6-4-2-3-5-8-12-18-15-11-7-9-13-19-15/h2,4-5,8,15H,3,6-7,9-13H2,1H3/b4-2-,8-5-. The lowest BCUT2D eigenvalue weighted by Gasteiger charge is -2.21. The van der Waals surface area contributed by atoms with Crippen molar-refractivity contribution in [2.75, 3.05) is 20.3 Å². The largest absolute Gasteiger partial charge is 0.469 e. The maximum Gasteiger partial charge on any atom is 0.305 e. The van der Waals surface area contributed by atoms with Crippen LogP contribution in [0.4, 0.5) is 0 Å². The molecule has 1 saturated heterocycles. The number of carbonyl (C=O) groups excluding carboxylic acids is 1. The molecule has 0 amide bonds. The van der Waals surface area contributed by atoms with E-state index >= 15 is 0 Å². The van der Waals surface area contributed by atoms with Gasteiger partial charge in [-0.25, -0.2) is 0 Å². The molecule has 0 aromatic heterocycles. The lowest BCUT2D eigenvalue weighted by molar-refractivity contribution is -0.155. The summed E-state index contributed by atoms with van der Waals surface area (Å²) >= 11 is 0. The van der Waals surface area contributed by atoms with Gasteiger partial charge >= 0.3 is 5.97 Å². The van der Waals surface area contributed by atoms with Crippen molar-refractivity contribution in [3.05, 3.63) is 24.3 Å². The van der Waals surface area contributed by atoms with Crippen LogP contribution in [0.5, 0.6) is 0 Å². The first kappa shape index (κ1) is 15.9. The number of methoxy groups -OCH3 is 1. The zero-order valence-corrected chi connectivity index (χ0v) is 11.7. The van der Waals surface area contributed by atoms with Crippen molar-refractivity contribution in [3.8, 4) is 0 Å². The second kappa shape index (κ2) is 10.8. The highest BCUT2D eigenvalue weighted by Gasteiger charge is 2.12. The first-order valence-corrected chi connectivity index (χ1v) is 6.93. The Bertz CT molecular complexity index is 291. The number of esters is 1. The fraction of sp³-hybridized carbons (Fsp3) is 0.667. The molecule has 1 rings (SSSR count). The van der Waals surface area contributed by atoms with Crippen LogP contribution in [0.3, 0.4) is 0 Å². The van der Waals surface area contributed by atoms with Crippen molar-refractivity contribution in [2.24, 2.45) is 0 Å². The van der Waals surface area contributed by atoms with Gasteiger partial charge in [0.1, 0.15) is 0 Å². The minimum Gasteiger partial charge on any atom is -0.469 e. The van der Waals surface area contributed by atoms with Crippen LogP contribution in [0, 0.1) is 0 Å². The number of rotatable bonds is 8. The molecule has 0 aromatic rings. The van der Waals surface area contributed by atoms with Gasteiger partial charge in [-0.1, -0.05) is 24.3 Å². The first-order valence-electron chi connectivity index (χ1n) is 6.93. The van der Waals surface area contributed by atoms with E-state index in [-0.39, 0.29) is 12.3 Å². The van der Waals surface area contributed by atoms with E-state index < -0.39 is 0 Å². The van der Waals surface area contributed by atoms with Crippen molar-refractivity contribution in [1.82, 2.24) is 0 Å². The van der Waals surface area contributed by atoms with Crippen LogP contribution in [0.25, 0.3) is 0 Å². The Morgan fingerprint density at radius 3 is 2.84 bits per heavy atom. The van der Waals surface area contributed by atoms with Gasteiger partial charge < -0.3 is 14.2 Å². The molecule has 0 radical (unpaired) electrons. The van der Waals surface area contributed by atoms with Crippen LogP contribution >= 0.6 is 0 Å². The predicted molar refractivity (Wildman–Crippen MR) is 73.7 cm³/mol. The van der Waals surface area contributed by atoms with Crippen LogP contribution in [-0.4, -0.2) is 32.6 Å². The summed E-state index contributed by atoms with van der Waals surface area (Å²) in [7, 11) is 1.41. The fourth-order valence-electron chi connectivity index (χ4n) is 1.77. The second-order valence-corrected chi connectivity index (χ2v) is 4.42. The van der Waals surface area contributed by atoms with E-state index in [0.717, 1.165) is 32.3 Å². The summed E-state index contributed by atoms with van der Waals surface area (Å²) in [5.74, 6) is -0.166. The number of hydrogen-bond donors (Lipinski definition) is 0. The lowest BCUT2D eigenvalue weighted by Crippen LogP contribution is -2.22. The van der Waals surface area contributed by atoms with Gasteiger partial charge in [0.25, 0.3) is 0 Å². The minimum atomic E-state index is -0.166. The number of hydrogen-bond acceptors (Lipinski definition) is 4. The molecule has 1 heterocycles. The molecule has 0 spiro atoms. The predicted octanol–water partition coefficient (Wildman–Crippen LogP) is 2.99. The monoisotopic (exact) mass is 268 g/mol. The Hall–Kier alpha value is -1.13. The SMILES string of the molecule is COC(=O)CC/C=C\C/C=C\COC1CCCCO1. The van der Waals surface area contributed by atoms with Gasteiger partial charge in [-0.2, -0.15) is 0 Å². The molecule has 1 aliphatic heterocycles. The van der Waals surface area contributed by atoms with Crippen molar-refractivity contribution in [3.63, 3.8) is 0 Å². The zero-order chi connectivity index (χ0) is 13.8. The summed E-state index contributed by atoms with van der Waals surface area (Å²) in [6.45, 7) is 1.41. The first-order chi connectivity index (χ1) is 9.33. The number of carbonyl (C=O) groups is 1. The summed E-state index contributed by atoms with van der Waals surface area (Å²) in [6, 6.07) is 0. The van der Waals surface area contributed by atoms with Crippen LogP contribution in [0.1, 0.15) is 38.5 Å². The highest BCUT2D eigenvalue weighted by molar-refractivity contribution is 5.69. The van der Waals surface area contributed by atoms with Crippen LogP contribution in [0.2, 0.25) is 0 Å². The van der Waals surface area contributed by atoms with Crippen molar-refractivity contribution in [1.29, 1.82) is 0 Å².